The Hall–Kier alpha value is -0.770. The molecule has 0 fully saturated rings. The Labute approximate surface area is 259 Å². The first-order valence-corrected chi connectivity index (χ1v) is 17.4. The molecule has 0 saturated heterocycles. The summed E-state index contributed by atoms with van der Waals surface area (Å²) >= 11 is 0. The van der Waals surface area contributed by atoms with Crippen LogP contribution in [0, 0.1) is 0 Å². The van der Waals surface area contributed by atoms with Gasteiger partial charge in [0, 0.05) is 6.42 Å². The number of aliphatic hydroxyl groups is 6. The molecular weight excluding hydrogens is 536 g/mol. The summed E-state index contributed by atoms with van der Waals surface area (Å²) in [5.41, 5.74) is 0. The summed E-state index contributed by atoms with van der Waals surface area (Å²) in [6.07, 6.45) is 33.1. The monoisotopic (exact) mass is 609 g/mol. The fourth-order valence-corrected chi connectivity index (χ4v) is 4.53. The predicted molar refractivity (Wildman–Crippen MR) is 174 cm³/mol. The maximum atomic E-state index is 10.4. The second-order valence-electron chi connectivity index (χ2n) is 11.7. The van der Waals surface area contributed by atoms with Crippen LogP contribution < -0.4 is 0 Å². The lowest BCUT2D eigenvalue weighted by molar-refractivity contribution is -0.137. The zero-order valence-electron chi connectivity index (χ0n) is 27.4. The maximum absolute atomic E-state index is 10.4. The molecule has 0 aromatic heterocycles. The Morgan fingerprint density at radius 3 is 0.738 bits per heavy atom. The molecule has 8 nitrogen and oxygen atoms in total. The molecule has 256 valence electrons. The van der Waals surface area contributed by atoms with Gasteiger partial charge >= 0.3 is 5.97 Å². The topological polar surface area (TPSA) is 159 Å². The van der Waals surface area contributed by atoms with Crippen LogP contribution in [-0.2, 0) is 4.79 Å². The number of aliphatic hydroxyl groups excluding tert-OH is 6. The van der Waals surface area contributed by atoms with E-state index in [9.17, 15) is 4.79 Å². The van der Waals surface area contributed by atoms with E-state index in [1.807, 2.05) is 0 Å². The number of hydrogen-bond donors (Lipinski definition) is 7. The molecule has 8 heteroatoms. The minimum absolute atomic E-state index is 0.347. The molecule has 0 aliphatic rings. The van der Waals surface area contributed by atoms with Crippen molar-refractivity contribution in [2.45, 2.75) is 186 Å². The van der Waals surface area contributed by atoms with Crippen molar-refractivity contribution < 1.29 is 40.5 Å². The van der Waals surface area contributed by atoms with Gasteiger partial charge in [-0.15, -0.1) is 0 Å². The Morgan fingerprint density at radius 2 is 0.595 bits per heavy atom. The van der Waals surface area contributed by atoms with Crippen LogP contribution in [0.25, 0.3) is 0 Å². The number of unbranched alkanes of at least 4 members (excludes halogenated alkanes) is 24. The predicted octanol–water partition coefficient (Wildman–Crippen LogP) is 6.90. The van der Waals surface area contributed by atoms with Crippen LogP contribution in [0.1, 0.15) is 174 Å². The molecule has 0 spiro atoms. The Bertz CT molecular complexity index is 460. The van der Waals surface area contributed by atoms with Gasteiger partial charge in [0.15, 0.2) is 0 Å². The van der Waals surface area contributed by atoms with Gasteiger partial charge in [-0.05, 0) is 6.42 Å². The van der Waals surface area contributed by atoms with Crippen molar-refractivity contribution in [1.29, 1.82) is 0 Å². The van der Waals surface area contributed by atoms with E-state index in [2.05, 4.69) is 6.92 Å². The van der Waals surface area contributed by atoms with E-state index in [1.165, 1.54) is 148 Å². The fraction of sp³-hybridized carbons (Fsp3) is 0.971. The number of rotatable bonds is 30. The van der Waals surface area contributed by atoms with Gasteiger partial charge in [0.25, 0.3) is 0 Å². The molecule has 0 saturated carbocycles. The van der Waals surface area contributed by atoms with E-state index in [1.54, 1.807) is 0 Å². The third kappa shape index (κ3) is 48.9. The molecule has 0 aromatic rings. The van der Waals surface area contributed by atoms with Gasteiger partial charge in [0.05, 0.1) is 26.4 Å². The number of aliphatic carboxylic acids is 1. The summed E-state index contributed by atoms with van der Waals surface area (Å²) in [5, 5.41) is 56.6. The molecule has 0 bridgehead atoms. The van der Waals surface area contributed by atoms with E-state index in [0.717, 1.165) is 12.8 Å². The molecule has 7 N–H and O–H groups in total. The summed E-state index contributed by atoms with van der Waals surface area (Å²) in [7, 11) is 0. The molecule has 0 unspecified atom stereocenters. The van der Waals surface area contributed by atoms with Gasteiger partial charge in [0.1, 0.15) is 12.2 Å². The van der Waals surface area contributed by atoms with Crippen LogP contribution in [0.3, 0.4) is 0 Å². The molecule has 0 aliphatic carbocycles. The van der Waals surface area contributed by atoms with E-state index < -0.39 is 18.2 Å². The molecule has 0 rings (SSSR count). The molecule has 0 radical (unpaired) electrons. The van der Waals surface area contributed by atoms with Crippen molar-refractivity contribution in [3.63, 3.8) is 0 Å². The largest absolute Gasteiger partial charge is 0.481 e. The van der Waals surface area contributed by atoms with Crippen molar-refractivity contribution >= 4 is 5.97 Å². The van der Waals surface area contributed by atoms with Crippen LogP contribution in [0.15, 0.2) is 0 Å². The highest BCUT2D eigenvalue weighted by molar-refractivity contribution is 5.66. The maximum Gasteiger partial charge on any atom is 0.303 e. The third-order valence-corrected chi connectivity index (χ3v) is 7.34. The van der Waals surface area contributed by atoms with Crippen molar-refractivity contribution in [3.05, 3.63) is 0 Å². The van der Waals surface area contributed by atoms with Crippen LogP contribution in [-0.4, -0.2) is 80.4 Å². The normalized spacial score (nSPS) is 10.9. The lowest BCUT2D eigenvalue weighted by Crippen LogP contribution is -2.15. The standard InChI is InChI=1S/C28H56O2.2C3H8O3/c1-2-3-4-5-6-7-8-9-10-11-12-13-14-15-16-17-18-19-20-21-22-23-24-25-26-27-28(29)30;2*4-1-3(6)2-5/h2-27H2,1H3,(H,29,30);2*3-6H,1-2H2. The Kier molecular flexibility index (Phi) is 46.1. The Morgan fingerprint density at radius 1 is 0.405 bits per heavy atom. The van der Waals surface area contributed by atoms with Gasteiger partial charge in [0.2, 0.25) is 0 Å². The van der Waals surface area contributed by atoms with E-state index in [4.69, 9.17) is 35.7 Å². The summed E-state index contributed by atoms with van der Waals surface area (Å²) < 4.78 is 0. The minimum Gasteiger partial charge on any atom is -0.481 e. The first kappa shape index (κ1) is 45.7. The number of carboxylic acids is 1. The lowest BCUT2D eigenvalue weighted by Gasteiger charge is -2.04. The number of hydrogen-bond acceptors (Lipinski definition) is 7. The number of carboxylic acid groups (broad SMARTS) is 1. The van der Waals surface area contributed by atoms with Crippen molar-refractivity contribution in [2.24, 2.45) is 0 Å². The molecule has 42 heavy (non-hydrogen) atoms. The number of carbonyl (C=O) groups is 1. The van der Waals surface area contributed by atoms with Gasteiger partial charge in [-0.25, -0.2) is 0 Å². The van der Waals surface area contributed by atoms with Crippen LogP contribution in [0.4, 0.5) is 0 Å². The van der Waals surface area contributed by atoms with Gasteiger partial charge in [-0.3, -0.25) is 4.79 Å². The third-order valence-electron chi connectivity index (χ3n) is 7.34. The summed E-state index contributed by atoms with van der Waals surface area (Å²) in [5.74, 6) is -0.649. The fourth-order valence-electron chi connectivity index (χ4n) is 4.53. The van der Waals surface area contributed by atoms with Crippen LogP contribution in [0.5, 0.6) is 0 Å². The van der Waals surface area contributed by atoms with E-state index in [-0.39, 0.29) is 26.4 Å². The van der Waals surface area contributed by atoms with E-state index in [0.29, 0.717) is 6.42 Å². The summed E-state index contributed by atoms with van der Waals surface area (Å²) in [6, 6.07) is 0. The highest BCUT2D eigenvalue weighted by atomic mass is 16.4. The van der Waals surface area contributed by atoms with Gasteiger partial charge < -0.3 is 35.7 Å². The van der Waals surface area contributed by atoms with Gasteiger partial charge in [-0.2, -0.15) is 0 Å². The van der Waals surface area contributed by atoms with Crippen LogP contribution in [0.2, 0.25) is 0 Å². The SMILES string of the molecule is CCCCCCCCCCCCCCCCCCCCCCCCCCCC(=O)O.OCC(O)CO.OCC(O)CO. The first-order chi connectivity index (χ1) is 20.4. The summed E-state index contributed by atoms with van der Waals surface area (Å²) in [6.45, 7) is 0.836. The van der Waals surface area contributed by atoms with Crippen molar-refractivity contribution in [1.82, 2.24) is 0 Å². The zero-order chi connectivity index (χ0) is 31.9. The van der Waals surface area contributed by atoms with Crippen LogP contribution >= 0.6 is 0 Å². The molecule has 0 heterocycles. The first-order valence-electron chi connectivity index (χ1n) is 17.4. The summed E-state index contributed by atoms with van der Waals surface area (Å²) in [4.78, 5) is 10.4. The smallest absolute Gasteiger partial charge is 0.303 e. The van der Waals surface area contributed by atoms with Crippen molar-refractivity contribution in [3.8, 4) is 0 Å². The Balaban J connectivity index is -0.00000105. The zero-order valence-corrected chi connectivity index (χ0v) is 27.4. The molecular formula is C34H72O8. The molecule has 0 aliphatic heterocycles. The van der Waals surface area contributed by atoms with Crippen molar-refractivity contribution in [2.75, 3.05) is 26.4 Å². The average molecular weight is 609 g/mol. The minimum atomic E-state index is -0.954. The average Bonchev–Trinajstić information content (AvgIpc) is 3.00. The highest BCUT2D eigenvalue weighted by Gasteiger charge is 1.98. The molecule has 0 aromatic carbocycles. The highest BCUT2D eigenvalue weighted by Crippen LogP contribution is 2.15. The quantitative estimate of drug-likeness (QED) is 0.0434. The van der Waals surface area contributed by atoms with Gasteiger partial charge in [-0.1, -0.05) is 161 Å². The van der Waals surface area contributed by atoms with E-state index >= 15 is 0 Å². The second kappa shape index (κ2) is 42.4. The molecule has 0 amide bonds. The lowest BCUT2D eigenvalue weighted by atomic mass is 10.0. The second-order valence-corrected chi connectivity index (χ2v) is 11.7. The molecule has 0 atom stereocenters.